The van der Waals surface area contributed by atoms with Crippen LogP contribution in [0.4, 0.5) is 0 Å². The van der Waals surface area contributed by atoms with Gasteiger partial charge in [0, 0.05) is 38.3 Å². The first-order valence-electron chi connectivity index (χ1n) is 9.38. The number of hydrogen-bond acceptors (Lipinski definition) is 3. The zero-order valence-electron chi connectivity index (χ0n) is 15.1. The molecule has 23 heavy (non-hydrogen) atoms. The zero-order chi connectivity index (χ0) is 16.2. The van der Waals surface area contributed by atoms with Crippen molar-refractivity contribution in [2.75, 3.05) is 39.3 Å². The van der Waals surface area contributed by atoms with Crippen LogP contribution in [0, 0.1) is 12.8 Å². The minimum Gasteiger partial charge on any atom is -0.312 e. The van der Waals surface area contributed by atoms with Crippen LogP contribution in [0.25, 0.3) is 0 Å². The predicted octanol–water partition coefficient (Wildman–Crippen LogP) is 3.06. The maximum atomic E-state index is 3.58. The van der Waals surface area contributed by atoms with Crippen LogP contribution in [0.3, 0.4) is 0 Å². The predicted molar refractivity (Wildman–Crippen MR) is 97.8 cm³/mol. The van der Waals surface area contributed by atoms with E-state index in [0.717, 1.165) is 25.6 Å². The molecule has 0 bridgehead atoms. The number of piperidine rings is 1. The van der Waals surface area contributed by atoms with Crippen molar-refractivity contribution in [1.29, 1.82) is 0 Å². The summed E-state index contributed by atoms with van der Waals surface area (Å²) in [4.78, 5) is 5.39. The molecule has 2 saturated heterocycles. The highest BCUT2D eigenvalue weighted by atomic mass is 15.3. The van der Waals surface area contributed by atoms with Gasteiger partial charge in [-0.1, -0.05) is 36.8 Å². The second-order valence-electron chi connectivity index (χ2n) is 7.76. The highest BCUT2D eigenvalue weighted by molar-refractivity contribution is 5.24. The third-order valence-electron chi connectivity index (χ3n) is 5.61. The van der Waals surface area contributed by atoms with E-state index in [1.165, 1.54) is 43.6 Å². The Morgan fingerprint density at radius 2 is 1.78 bits per heavy atom. The first-order chi connectivity index (χ1) is 11.1. The van der Waals surface area contributed by atoms with Gasteiger partial charge in [0.15, 0.2) is 0 Å². The maximum absolute atomic E-state index is 3.58. The lowest BCUT2D eigenvalue weighted by molar-refractivity contribution is 0.0928. The molecule has 1 N–H and O–H groups in total. The van der Waals surface area contributed by atoms with Crippen molar-refractivity contribution in [1.82, 2.24) is 15.1 Å². The number of nitrogens with one attached hydrogen (secondary N) is 1. The highest BCUT2D eigenvalue weighted by Crippen LogP contribution is 2.26. The van der Waals surface area contributed by atoms with Gasteiger partial charge in [0.05, 0.1) is 0 Å². The Labute approximate surface area is 142 Å². The SMILES string of the molecule is Cc1ccc(C(CN2CCC(C)CC2)N2CCNC(C)C2)cc1. The lowest BCUT2D eigenvalue weighted by Crippen LogP contribution is -2.52. The summed E-state index contributed by atoms with van der Waals surface area (Å²) >= 11 is 0. The monoisotopic (exact) mass is 315 g/mol. The molecule has 2 fully saturated rings. The Bertz CT molecular complexity index is 476. The van der Waals surface area contributed by atoms with Crippen molar-refractivity contribution >= 4 is 0 Å². The van der Waals surface area contributed by atoms with Gasteiger partial charge in [-0.2, -0.15) is 0 Å². The largest absolute Gasteiger partial charge is 0.312 e. The standard InChI is InChI=1S/C20H33N3/c1-16-4-6-19(7-5-16)20(23-13-10-21-18(3)14-23)15-22-11-8-17(2)9-12-22/h4-7,17-18,20-21H,8-15H2,1-3H3. The van der Waals surface area contributed by atoms with Gasteiger partial charge in [0.2, 0.25) is 0 Å². The van der Waals surface area contributed by atoms with Gasteiger partial charge in [0.25, 0.3) is 0 Å². The van der Waals surface area contributed by atoms with Gasteiger partial charge in [-0.15, -0.1) is 0 Å². The number of hydrogen-bond donors (Lipinski definition) is 1. The Hall–Kier alpha value is -0.900. The van der Waals surface area contributed by atoms with Crippen molar-refractivity contribution in [3.63, 3.8) is 0 Å². The summed E-state index contributed by atoms with van der Waals surface area (Å²) < 4.78 is 0. The number of likely N-dealkylation sites (tertiary alicyclic amines) is 1. The molecule has 1 aromatic carbocycles. The molecule has 2 aliphatic rings. The molecular formula is C20H33N3. The fraction of sp³-hybridized carbons (Fsp3) is 0.700. The second-order valence-corrected chi connectivity index (χ2v) is 7.76. The van der Waals surface area contributed by atoms with E-state index < -0.39 is 0 Å². The zero-order valence-corrected chi connectivity index (χ0v) is 15.1. The number of piperazine rings is 1. The van der Waals surface area contributed by atoms with Crippen molar-refractivity contribution < 1.29 is 0 Å². The fourth-order valence-electron chi connectivity index (χ4n) is 3.95. The second kappa shape index (κ2) is 7.78. The van der Waals surface area contributed by atoms with E-state index in [0.29, 0.717) is 12.1 Å². The van der Waals surface area contributed by atoms with Gasteiger partial charge >= 0.3 is 0 Å². The van der Waals surface area contributed by atoms with Crippen LogP contribution in [0.2, 0.25) is 0 Å². The summed E-state index contributed by atoms with van der Waals surface area (Å²) in [6.45, 7) is 14.0. The molecule has 2 aliphatic heterocycles. The summed E-state index contributed by atoms with van der Waals surface area (Å²) in [5.41, 5.74) is 2.84. The Morgan fingerprint density at radius 1 is 1.09 bits per heavy atom. The summed E-state index contributed by atoms with van der Waals surface area (Å²) in [6, 6.07) is 10.4. The van der Waals surface area contributed by atoms with Crippen molar-refractivity contribution in [2.24, 2.45) is 5.92 Å². The molecule has 0 aromatic heterocycles. The van der Waals surface area contributed by atoms with Crippen LogP contribution in [-0.2, 0) is 0 Å². The first-order valence-corrected chi connectivity index (χ1v) is 9.38. The maximum Gasteiger partial charge on any atom is 0.0476 e. The van der Waals surface area contributed by atoms with Crippen LogP contribution in [0.15, 0.2) is 24.3 Å². The number of aryl methyl sites for hydroxylation is 1. The fourth-order valence-corrected chi connectivity index (χ4v) is 3.95. The summed E-state index contributed by atoms with van der Waals surface area (Å²) in [5, 5.41) is 3.58. The van der Waals surface area contributed by atoms with Crippen LogP contribution >= 0.6 is 0 Å². The molecule has 3 heteroatoms. The molecule has 2 unspecified atom stereocenters. The Balaban J connectivity index is 1.73. The van der Waals surface area contributed by atoms with Crippen LogP contribution in [0.5, 0.6) is 0 Å². The van der Waals surface area contributed by atoms with E-state index in [9.17, 15) is 0 Å². The molecule has 0 amide bonds. The van der Waals surface area contributed by atoms with Crippen molar-refractivity contribution in [2.45, 2.75) is 45.7 Å². The van der Waals surface area contributed by atoms with E-state index in [2.05, 4.69) is 60.2 Å². The van der Waals surface area contributed by atoms with E-state index >= 15 is 0 Å². The van der Waals surface area contributed by atoms with Crippen molar-refractivity contribution in [3.05, 3.63) is 35.4 Å². The Morgan fingerprint density at radius 3 is 2.43 bits per heavy atom. The topological polar surface area (TPSA) is 18.5 Å². The average Bonchev–Trinajstić information content (AvgIpc) is 2.55. The average molecular weight is 316 g/mol. The van der Waals surface area contributed by atoms with E-state index in [1.54, 1.807) is 0 Å². The smallest absolute Gasteiger partial charge is 0.0476 e. The first kappa shape index (κ1) is 16.9. The number of rotatable bonds is 4. The molecule has 128 valence electrons. The van der Waals surface area contributed by atoms with Gasteiger partial charge in [-0.3, -0.25) is 4.90 Å². The molecule has 1 aromatic rings. The third kappa shape index (κ3) is 4.56. The molecule has 3 nitrogen and oxygen atoms in total. The van der Waals surface area contributed by atoms with Gasteiger partial charge < -0.3 is 10.2 Å². The Kier molecular flexibility index (Phi) is 5.73. The molecule has 2 atom stereocenters. The normalized spacial score (nSPS) is 26.3. The molecule has 2 heterocycles. The molecule has 0 saturated carbocycles. The molecule has 0 radical (unpaired) electrons. The van der Waals surface area contributed by atoms with Crippen LogP contribution in [-0.4, -0.2) is 55.1 Å². The summed E-state index contributed by atoms with van der Waals surface area (Å²) in [7, 11) is 0. The molecular weight excluding hydrogens is 282 g/mol. The van der Waals surface area contributed by atoms with Crippen LogP contribution in [0.1, 0.15) is 43.9 Å². The van der Waals surface area contributed by atoms with Crippen molar-refractivity contribution in [3.8, 4) is 0 Å². The third-order valence-corrected chi connectivity index (χ3v) is 5.61. The van der Waals surface area contributed by atoms with Gasteiger partial charge in [0.1, 0.15) is 0 Å². The van der Waals surface area contributed by atoms with E-state index in [4.69, 9.17) is 0 Å². The molecule has 0 spiro atoms. The quantitative estimate of drug-likeness (QED) is 0.921. The van der Waals surface area contributed by atoms with Crippen LogP contribution < -0.4 is 5.32 Å². The number of nitrogens with zero attached hydrogens (tertiary/aromatic N) is 2. The van der Waals surface area contributed by atoms with E-state index in [1.807, 2.05) is 0 Å². The summed E-state index contributed by atoms with van der Waals surface area (Å²) in [6.07, 6.45) is 2.72. The molecule has 0 aliphatic carbocycles. The minimum absolute atomic E-state index is 0.536. The van der Waals surface area contributed by atoms with E-state index in [-0.39, 0.29) is 0 Å². The minimum atomic E-state index is 0.536. The lowest BCUT2D eigenvalue weighted by atomic mass is 9.97. The van der Waals surface area contributed by atoms with Gasteiger partial charge in [-0.25, -0.2) is 0 Å². The summed E-state index contributed by atoms with van der Waals surface area (Å²) in [5.74, 6) is 0.906. The lowest BCUT2D eigenvalue weighted by Gasteiger charge is -2.41. The highest BCUT2D eigenvalue weighted by Gasteiger charge is 2.27. The number of benzene rings is 1. The molecule has 3 rings (SSSR count). The van der Waals surface area contributed by atoms with Gasteiger partial charge in [-0.05, 0) is 51.3 Å².